The van der Waals surface area contributed by atoms with Gasteiger partial charge in [0.1, 0.15) is 0 Å². The Morgan fingerprint density at radius 2 is 2.19 bits per heavy atom. The van der Waals surface area contributed by atoms with Gasteiger partial charge in [-0.15, -0.1) is 23.7 Å². The molecule has 1 atom stereocenters. The number of thiazole rings is 1. The Bertz CT molecular complexity index is 427. The molecule has 1 amide bonds. The molecule has 3 N–H and O–H groups in total. The number of nitrogens with two attached hydrogens (primary N) is 1. The number of hydrogen-bond donors (Lipinski definition) is 2. The SMILES string of the molecule is CCCC(N)C(=O)NCCCc1nc2c(s1)CCCC2.Cl. The van der Waals surface area contributed by atoms with E-state index in [-0.39, 0.29) is 24.4 Å². The maximum atomic E-state index is 11.7. The van der Waals surface area contributed by atoms with Gasteiger partial charge in [-0.05, 0) is 38.5 Å². The summed E-state index contributed by atoms with van der Waals surface area (Å²) < 4.78 is 0. The quantitative estimate of drug-likeness (QED) is 0.755. The van der Waals surface area contributed by atoms with Gasteiger partial charge in [-0.1, -0.05) is 13.3 Å². The summed E-state index contributed by atoms with van der Waals surface area (Å²) in [4.78, 5) is 17.9. The molecule has 0 radical (unpaired) electrons. The maximum absolute atomic E-state index is 11.7. The van der Waals surface area contributed by atoms with Gasteiger partial charge in [0, 0.05) is 17.8 Å². The Balaban J connectivity index is 0.00000220. The number of carbonyl (C=O) groups is 1. The molecule has 1 aliphatic carbocycles. The third kappa shape index (κ3) is 5.57. The largest absolute Gasteiger partial charge is 0.355 e. The summed E-state index contributed by atoms with van der Waals surface area (Å²) in [6, 6.07) is -0.354. The molecule has 0 aliphatic heterocycles. The lowest BCUT2D eigenvalue weighted by molar-refractivity contribution is -0.122. The van der Waals surface area contributed by atoms with E-state index in [1.54, 1.807) is 0 Å². The Kier molecular flexibility index (Phi) is 8.22. The van der Waals surface area contributed by atoms with Crippen molar-refractivity contribution in [3.05, 3.63) is 15.6 Å². The van der Waals surface area contributed by atoms with E-state index in [2.05, 4.69) is 5.32 Å². The summed E-state index contributed by atoms with van der Waals surface area (Å²) in [6.45, 7) is 2.73. The van der Waals surface area contributed by atoms with E-state index >= 15 is 0 Å². The van der Waals surface area contributed by atoms with Crippen LogP contribution in [0.5, 0.6) is 0 Å². The van der Waals surface area contributed by atoms with E-state index in [0.717, 1.165) is 32.1 Å². The average Bonchev–Trinajstić information content (AvgIpc) is 2.86. The Morgan fingerprint density at radius 1 is 1.43 bits per heavy atom. The van der Waals surface area contributed by atoms with Gasteiger partial charge in [-0.25, -0.2) is 4.98 Å². The highest BCUT2D eigenvalue weighted by Gasteiger charge is 2.15. The second-order valence-electron chi connectivity index (χ2n) is 5.47. The minimum atomic E-state index is -0.354. The van der Waals surface area contributed by atoms with Crippen LogP contribution >= 0.6 is 23.7 Å². The summed E-state index contributed by atoms with van der Waals surface area (Å²) in [5, 5.41) is 4.14. The number of aryl methyl sites for hydroxylation is 3. The fourth-order valence-electron chi connectivity index (χ4n) is 2.54. The van der Waals surface area contributed by atoms with E-state index < -0.39 is 0 Å². The molecule has 21 heavy (non-hydrogen) atoms. The van der Waals surface area contributed by atoms with Gasteiger partial charge in [-0.3, -0.25) is 4.79 Å². The number of aromatic nitrogens is 1. The fraction of sp³-hybridized carbons (Fsp3) is 0.733. The summed E-state index contributed by atoms with van der Waals surface area (Å²) >= 11 is 1.86. The van der Waals surface area contributed by atoms with Crippen LogP contribution in [0.15, 0.2) is 0 Å². The topological polar surface area (TPSA) is 68.0 Å². The molecule has 120 valence electrons. The van der Waals surface area contributed by atoms with E-state index in [4.69, 9.17) is 10.7 Å². The highest BCUT2D eigenvalue weighted by molar-refractivity contribution is 7.11. The maximum Gasteiger partial charge on any atom is 0.236 e. The van der Waals surface area contributed by atoms with Gasteiger partial charge in [0.15, 0.2) is 0 Å². The molecular weight excluding hydrogens is 306 g/mol. The van der Waals surface area contributed by atoms with Gasteiger partial charge in [0.05, 0.1) is 16.7 Å². The zero-order chi connectivity index (χ0) is 14.4. The van der Waals surface area contributed by atoms with Gasteiger partial charge in [-0.2, -0.15) is 0 Å². The standard InChI is InChI=1S/C15H25N3OS.ClH/c1-2-6-11(16)15(19)17-10-5-9-14-18-12-7-3-4-8-13(12)20-14;/h11H,2-10,16H2,1H3,(H,17,19);1H. The molecule has 2 rings (SSSR count). The number of rotatable bonds is 7. The van der Waals surface area contributed by atoms with Crippen molar-refractivity contribution in [2.24, 2.45) is 5.73 Å². The van der Waals surface area contributed by atoms with Crippen molar-refractivity contribution in [1.82, 2.24) is 10.3 Å². The van der Waals surface area contributed by atoms with Crippen LogP contribution in [0.3, 0.4) is 0 Å². The van der Waals surface area contributed by atoms with Crippen molar-refractivity contribution in [3.8, 4) is 0 Å². The first-order valence-electron chi connectivity index (χ1n) is 7.71. The zero-order valence-electron chi connectivity index (χ0n) is 12.7. The first-order chi connectivity index (χ1) is 9.70. The molecule has 1 unspecified atom stereocenters. The molecule has 1 aromatic rings. The van der Waals surface area contributed by atoms with E-state index in [9.17, 15) is 4.79 Å². The Hall–Kier alpha value is -0.650. The highest BCUT2D eigenvalue weighted by atomic mass is 35.5. The van der Waals surface area contributed by atoms with E-state index in [1.807, 2.05) is 18.3 Å². The lowest BCUT2D eigenvalue weighted by atomic mass is 10.0. The number of nitrogens with zero attached hydrogens (tertiary/aromatic N) is 1. The minimum absolute atomic E-state index is 0. The molecule has 0 fully saturated rings. The van der Waals surface area contributed by atoms with Crippen LogP contribution in [0.1, 0.15) is 54.6 Å². The second-order valence-corrected chi connectivity index (χ2v) is 6.64. The molecule has 6 heteroatoms. The monoisotopic (exact) mass is 331 g/mol. The number of carbonyl (C=O) groups excluding carboxylic acids is 1. The lowest BCUT2D eigenvalue weighted by Gasteiger charge is -2.10. The van der Waals surface area contributed by atoms with Crippen LogP contribution in [0.2, 0.25) is 0 Å². The van der Waals surface area contributed by atoms with Gasteiger partial charge >= 0.3 is 0 Å². The smallest absolute Gasteiger partial charge is 0.236 e. The lowest BCUT2D eigenvalue weighted by Crippen LogP contribution is -2.40. The fourth-order valence-corrected chi connectivity index (χ4v) is 3.74. The first-order valence-corrected chi connectivity index (χ1v) is 8.53. The normalized spacial score (nSPS) is 15.0. The number of fused-ring (bicyclic) bond motifs is 1. The Labute approximate surface area is 137 Å². The molecule has 1 aromatic heterocycles. The van der Waals surface area contributed by atoms with Gasteiger partial charge < -0.3 is 11.1 Å². The minimum Gasteiger partial charge on any atom is -0.355 e. The van der Waals surface area contributed by atoms with Crippen molar-refractivity contribution < 1.29 is 4.79 Å². The molecule has 0 spiro atoms. The molecule has 0 bridgehead atoms. The zero-order valence-corrected chi connectivity index (χ0v) is 14.3. The molecule has 1 heterocycles. The van der Waals surface area contributed by atoms with Crippen LogP contribution in [-0.4, -0.2) is 23.5 Å². The van der Waals surface area contributed by atoms with Crippen LogP contribution in [0.4, 0.5) is 0 Å². The molecule has 1 aliphatic rings. The van der Waals surface area contributed by atoms with Crippen molar-refractivity contribution in [2.75, 3.05) is 6.54 Å². The van der Waals surface area contributed by atoms with Crippen molar-refractivity contribution in [2.45, 2.75) is 64.3 Å². The van der Waals surface area contributed by atoms with Crippen molar-refractivity contribution >= 4 is 29.7 Å². The van der Waals surface area contributed by atoms with Gasteiger partial charge in [0.25, 0.3) is 0 Å². The number of hydrogen-bond acceptors (Lipinski definition) is 4. The van der Waals surface area contributed by atoms with Crippen LogP contribution in [0.25, 0.3) is 0 Å². The Morgan fingerprint density at radius 3 is 2.90 bits per heavy atom. The predicted molar refractivity (Wildman–Crippen MR) is 90.2 cm³/mol. The van der Waals surface area contributed by atoms with Crippen LogP contribution in [-0.2, 0) is 24.1 Å². The van der Waals surface area contributed by atoms with Crippen molar-refractivity contribution in [3.63, 3.8) is 0 Å². The van der Waals surface area contributed by atoms with Crippen LogP contribution in [0, 0.1) is 0 Å². The summed E-state index contributed by atoms with van der Waals surface area (Å²) in [5.74, 6) is -0.0229. The molecule has 0 aromatic carbocycles. The molecular formula is C15H26ClN3OS. The number of nitrogens with one attached hydrogen (secondary N) is 1. The summed E-state index contributed by atoms with van der Waals surface area (Å²) in [7, 11) is 0. The third-order valence-corrected chi connectivity index (χ3v) is 4.91. The third-order valence-electron chi connectivity index (χ3n) is 3.69. The first kappa shape index (κ1) is 18.4. The highest BCUT2D eigenvalue weighted by Crippen LogP contribution is 2.27. The second kappa shape index (κ2) is 9.38. The van der Waals surface area contributed by atoms with Gasteiger partial charge in [0.2, 0.25) is 5.91 Å². The predicted octanol–water partition coefficient (Wildman–Crippen LogP) is 2.62. The molecule has 0 saturated heterocycles. The van der Waals surface area contributed by atoms with Crippen molar-refractivity contribution in [1.29, 1.82) is 0 Å². The van der Waals surface area contributed by atoms with E-state index in [1.165, 1.54) is 34.8 Å². The van der Waals surface area contributed by atoms with Crippen LogP contribution < -0.4 is 11.1 Å². The number of halogens is 1. The molecule has 4 nitrogen and oxygen atoms in total. The molecule has 0 saturated carbocycles. The summed E-state index contributed by atoms with van der Waals surface area (Å²) in [5.41, 5.74) is 7.09. The van der Waals surface area contributed by atoms with E-state index in [0.29, 0.717) is 6.54 Å². The average molecular weight is 332 g/mol. The summed E-state index contributed by atoms with van der Waals surface area (Å²) in [6.07, 6.45) is 8.54. The number of amides is 1.